The van der Waals surface area contributed by atoms with Gasteiger partial charge in [0.2, 0.25) is 11.8 Å². The van der Waals surface area contributed by atoms with E-state index in [1.54, 1.807) is 19.1 Å². The van der Waals surface area contributed by atoms with E-state index in [1.165, 1.54) is 0 Å². The summed E-state index contributed by atoms with van der Waals surface area (Å²) in [4.78, 5) is 71.4. The highest BCUT2D eigenvalue weighted by Crippen LogP contribution is 2.37. The number of unbranched alkanes of at least 4 members (excludes halogenated alkanes) is 1. The fourth-order valence-corrected chi connectivity index (χ4v) is 8.39. The molecule has 0 aromatic heterocycles. The Hall–Kier alpha value is -3.51. The van der Waals surface area contributed by atoms with Crippen molar-refractivity contribution in [3.8, 4) is 0 Å². The minimum atomic E-state index is -2.12. The molecule has 2 fully saturated rings. The molecule has 0 heterocycles. The Bertz CT molecular complexity index is 1330. The molecule has 0 radical (unpaired) electrons. The van der Waals surface area contributed by atoms with Gasteiger partial charge in [-0.15, -0.1) is 13.2 Å². The molecule has 2 saturated carbocycles. The highest BCUT2D eigenvalue weighted by atomic mass is 16.2. The molecule has 0 aliphatic heterocycles. The average Bonchev–Trinajstić information content (AvgIpc) is 3.17. The van der Waals surface area contributed by atoms with Gasteiger partial charge < -0.3 is 32.6 Å². The Morgan fingerprint density at radius 3 is 2.08 bits per heavy atom. The summed E-state index contributed by atoms with van der Waals surface area (Å²) in [5.41, 5.74) is 17.8. The van der Waals surface area contributed by atoms with Crippen LogP contribution in [0.4, 0.5) is 0 Å². The van der Waals surface area contributed by atoms with Crippen LogP contribution in [-0.4, -0.2) is 83.9 Å². The van der Waals surface area contributed by atoms with Crippen molar-refractivity contribution < 1.29 is 24.0 Å². The number of ketones is 2. The molecule has 1 aromatic carbocycles. The van der Waals surface area contributed by atoms with Gasteiger partial charge in [-0.1, -0.05) is 93.9 Å². The fraction of sp³-hybridized carbons (Fsp3) is 0.643. The molecule has 53 heavy (non-hydrogen) atoms. The summed E-state index contributed by atoms with van der Waals surface area (Å²) in [6.07, 6.45) is 15.4. The Morgan fingerprint density at radius 2 is 1.51 bits per heavy atom. The number of carbonyl (C=O) groups is 5. The number of nitrogens with one attached hydrogen (secondary N) is 2. The lowest BCUT2D eigenvalue weighted by molar-refractivity contribution is -0.143. The van der Waals surface area contributed by atoms with Gasteiger partial charge in [-0.25, -0.2) is 0 Å². The maximum Gasteiger partial charge on any atom is 0.243 e. The quantitative estimate of drug-likeness (QED) is 0.0454. The van der Waals surface area contributed by atoms with E-state index in [9.17, 15) is 24.0 Å². The van der Waals surface area contributed by atoms with E-state index in [4.69, 9.17) is 17.2 Å². The summed E-state index contributed by atoms with van der Waals surface area (Å²) in [5, 5.41) is 5.81. The molecule has 1 unspecified atom stereocenters. The van der Waals surface area contributed by atoms with Gasteiger partial charge in [0.15, 0.2) is 11.6 Å². The summed E-state index contributed by atoms with van der Waals surface area (Å²) in [6, 6.07) is 5.97. The van der Waals surface area contributed by atoms with Gasteiger partial charge >= 0.3 is 0 Å². The van der Waals surface area contributed by atoms with Crippen LogP contribution in [0.5, 0.6) is 0 Å². The van der Waals surface area contributed by atoms with E-state index in [2.05, 4.69) is 23.8 Å². The normalized spacial score (nSPS) is 19.5. The predicted molar refractivity (Wildman–Crippen MR) is 211 cm³/mol. The highest BCUT2D eigenvalue weighted by Gasteiger charge is 2.52. The Morgan fingerprint density at radius 1 is 0.906 bits per heavy atom. The van der Waals surface area contributed by atoms with E-state index in [1.807, 2.05) is 35.2 Å². The number of aldehydes is 1. The smallest absolute Gasteiger partial charge is 0.243 e. The third kappa shape index (κ3) is 12.8. The molecule has 11 heteroatoms. The van der Waals surface area contributed by atoms with E-state index in [0.29, 0.717) is 70.9 Å². The Labute approximate surface area is 317 Å². The number of amides is 2. The monoisotopic (exact) mass is 735 g/mol. The van der Waals surface area contributed by atoms with Gasteiger partial charge in [-0.3, -0.25) is 24.1 Å². The molecular formula is C42H66N6O5. The van der Waals surface area contributed by atoms with Crippen LogP contribution in [0, 0.1) is 17.8 Å². The number of rotatable bonds is 24. The van der Waals surface area contributed by atoms with Gasteiger partial charge in [0.05, 0.1) is 24.0 Å². The lowest BCUT2D eigenvalue weighted by Crippen LogP contribution is -2.66. The molecule has 2 amide bonds. The van der Waals surface area contributed by atoms with Crippen molar-refractivity contribution in [1.82, 2.24) is 15.5 Å². The molecule has 8 N–H and O–H groups in total. The van der Waals surface area contributed by atoms with Crippen LogP contribution in [0.25, 0.3) is 0 Å². The SMILES string of the molecule is C=CCN(CC=C)[C@@H](Cc1ccccc1)C(=O)N[C@@H](CCCCN)C(=O)N[C@@H](C)C(=O)C(C1CCCCC1)[C@](N)(C=O)C(=O)[C@H](N)CC1CCCCC1. The number of nitrogens with zero attached hydrogens (tertiary/aromatic N) is 1. The van der Waals surface area contributed by atoms with Crippen LogP contribution in [0.15, 0.2) is 55.6 Å². The van der Waals surface area contributed by atoms with Gasteiger partial charge in [0.1, 0.15) is 17.9 Å². The molecule has 0 bridgehead atoms. The van der Waals surface area contributed by atoms with Gasteiger partial charge in [0, 0.05) is 13.1 Å². The lowest BCUT2D eigenvalue weighted by Gasteiger charge is -2.40. The molecule has 2 aliphatic carbocycles. The number of hydrogen-bond donors (Lipinski definition) is 5. The molecule has 0 saturated heterocycles. The third-order valence-corrected chi connectivity index (χ3v) is 11.3. The maximum atomic E-state index is 14.5. The standard InChI is InChI=1S/C42H66N6O5/c1-4-25-48(26-5-2)36(28-32-19-11-7-12-20-32)41(53)47-35(23-15-16-24-43)40(52)46-30(3)38(50)37(33-21-13-8-14-22-33)42(45,29-49)39(51)34(44)27-31-17-9-6-10-18-31/h4-5,7,11-12,19-20,29-31,33-37H,1-2,6,8-10,13-18,21-28,43-45H2,3H3,(H,46,52)(H,47,53)/t30-,34+,35-,36-,37?,42+/m0/s1. The predicted octanol–water partition coefficient (Wildman–Crippen LogP) is 3.92. The molecule has 1 aromatic rings. The largest absolute Gasteiger partial charge is 0.345 e. The first-order valence-electron chi connectivity index (χ1n) is 19.9. The highest BCUT2D eigenvalue weighted by molar-refractivity contribution is 6.10. The number of nitrogens with two attached hydrogens (primary N) is 3. The zero-order chi connectivity index (χ0) is 38.8. The molecule has 6 atom stereocenters. The van der Waals surface area contributed by atoms with Crippen LogP contribution < -0.4 is 27.8 Å². The maximum absolute atomic E-state index is 14.5. The first-order chi connectivity index (χ1) is 25.5. The van der Waals surface area contributed by atoms with Crippen molar-refractivity contribution in [3.63, 3.8) is 0 Å². The minimum absolute atomic E-state index is 0.278. The van der Waals surface area contributed by atoms with Crippen LogP contribution in [0.2, 0.25) is 0 Å². The number of hydrogen-bond acceptors (Lipinski definition) is 9. The van der Waals surface area contributed by atoms with Crippen molar-refractivity contribution in [2.24, 2.45) is 35.0 Å². The third-order valence-electron chi connectivity index (χ3n) is 11.3. The zero-order valence-electron chi connectivity index (χ0n) is 32.0. The van der Waals surface area contributed by atoms with E-state index >= 15 is 0 Å². The van der Waals surface area contributed by atoms with Crippen LogP contribution >= 0.6 is 0 Å². The van der Waals surface area contributed by atoms with Gasteiger partial charge in [-0.05, 0) is 75.8 Å². The number of Topliss-reactive ketones (excluding diaryl/α,β-unsaturated/α-hetero) is 2. The zero-order valence-corrected chi connectivity index (χ0v) is 32.0. The molecule has 3 rings (SSSR count). The van der Waals surface area contributed by atoms with Gasteiger partial charge in [0.25, 0.3) is 0 Å². The van der Waals surface area contributed by atoms with E-state index < -0.39 is 53.1 Å². The van der Waals surface area contributed by atoms with Crippen molar-refractivity contribution in [3.05, 3.63) is 61.2 Å². The molecular weight excluding hydrogens is 668 g/mol. The van der Waals surface area contributed by atoms with Crippen molar-refractivity contribution in [2.75, 3.05) is 19.6 Å². The van der Waals surface area contributed by atoms with E-state index in [-0.39, 0.29) is 17.7 Å². The summed E-state index contributed by atoms with van der Waals surface area (Å²) < 4.78 is 0. The second-order valence-corrected chi connectivity index (χ2v) is 15.4. The Balaban J connectivity index is 1.86. The summed E-state index contributed by atoms with van der Waals surface area (Å²) in [6.45, 7) is 10.6. The lowest BCUT2D eigenvalue weighted by atomic mass is 9.65. The van der Waals surface area contributed by atoms with Crippen molar-refractivity contribution in [1.29, 1.82) is 0 Å². The second kappa shape index (κ2) is 22.6. The first-order valence-corrected chi connectivity index (χ1v) is 19.9. The number of carbonyl (C=O) groups excluding carboxylic acids is 5. The second-order valence-electron chi connectivity index (χ2n) is 15.4. The molecule has 0 spiro atoms. The first kappa shape index (κ1) is 43.9. The topological polar surface area (TPSA) is 191 Å². The molecule has 11 nitrogen and oxygen atoms in total. The van der Waals surface area contributed by atoms with E-state index in [0.717, 1.165) is 56.9 Å². The summed E-state index contributed by atoms with van der Waals surface area (Å²) in [5.74, 6) is -3.15. The van der Waals surface area contributed by atoms with Crippen molar-refractivity contribution in [2.45, 2.75) is 133 Å². The van der Waals surface area contributed by atoms with Crippen LogP contribution in [0.3, 0.4) is 0 Å². The minimum Gasteiger partial charge on any atom is -0.345 e. The summed E-state index contributed by atoms with van der Waals surface area (Å²) in [7, 11) is 0. The van der Waals surface area contributed by atoms with Crippen LogP contribution in [-0.2, 0) is 30.4 Å². The average molecular weight is 735 g/mol. The van der Waals surface area contributed by atoms with Gasteiger partial charge in [-0.2, -0.15) is 0 Å². The summed E-state index contributed by atoms with van der Waals surface area (Å²) >= 11 is 0. The fourth-order valence-electron chi connectivity index (χ4n) is 8.39. The van der Waals surface area contributed by atoms with Crippen molar-refractivity contribution >= 4 is 29.7 Å². The molecule has 294 valence electrons. The Kier molecular flexibility index (Phi) is 18.8. The molecule has 2 aliphatic rings. The number of benzene rings is 1. The van der Waals surface area contributed by atoms with Crippen LogP contribution in [0.1, 0.15) is 102 Å².